The predicted octanol–water partition coefficient (Wildman–Crippen LogP) is 3.33. The van der Waals surface area contributed by atoms with Crippen LogP contribution in [0.15, 0.2) is 71.6 Å². The van der Waals surface area contributed by atoms with Crippen molar-refractivity contribution in [2.75, 3.05) is 5.73 Å². The largest absolute Gasteiger partial charge is 0.398 e. The zero-order valence-electron chi connectivity index (χ0n) is 13.4. The number of nitrogens with two attached hydrogens (primary N) is 1. The number of hydrogen-bond donors (Lipinski definition) is 2. The van der Waals surface area contributed by atoms with Crippen LogP contribution in [0, 0.1) is 0 Å². The first-order valence-electron chi connectivity index (χ1n) is 7.81. The molecule has 0 fully saturated rings. The van der Waals surface area contributed by atoms with E-state index in [1.54, 1.807) is 18.2 Å². The van der Waals surface area contributed by atoms with Gasteiger partial charge < -0.3 is 5.73 Å². The third kappa shape index (κ3) is 3.42. The molecule has 0 heterocycles. The zero-order valence-corrected chi connectivity index (χ0v) is 14.3. The lowest BCUT2D eigenvalue weighted by atomic mass is 10.1. The van der Waals surface area contributed by atoms with E-state index >= 15 is 0 Å². The SMILES string of the molecule is CC(Cc1ccccc1)NS(=O)(=O)c1ccc(N)c2ccccc12. The van der Waals surface area contributed by atoms with E-state index < -0.39 is 10.0 Å². The van der Waals surface area contributed by atoms with Crippen LogP contribution < -0.4 is 10.5 Å². The molecule has 5 heteroatoms. The number of rotatable bonds is 5. The second kappa shape index (κ2) is 6.63. The smallest absolute Gasteiger partial charge is 0.241 e. The van der Waals surface area contributed by atoms with Gasteiger partial charge in [0.25, 0.3) is 0 Å². The van der Waals surface area contributed by atoms with E-state index in [1.807, 2.05) is 55.5 Å². The highest BCUT2D eigenvalue weighted by Gasteiger charge is 2.20. The second-order valence-electron chi connectivity index (χ2n) is 5.91. The number of nitrogen functional groups attached to an aromatic ring is 1. The highest BCUT2D eigenvalue weighted by Crippen LogP contribution is 2.27. The lowest BCUT2D eigenvalue weighted by Crippen LogP contribution is -2.34. The van der Waals surface area contributed by atoms with Crippen molar-refractivity contribution in [1.82, 2.24) is 4.72 Å². The molecule has 0 amide bonds. The Kier molecular flexibility index (Phi) is 4.55. The van der Waals surface area contributed by atoms with Gasteiger partial charge in [-0.05, 0) is 31.0 Å². The molecule has 124 valence electrons. The van der Waals surface area contributed by atoms with E-state index in [9.17, 15) is 8.42 Å². The van der Waals surface area contributed by atoms with E-state index in [1.165, 1.54) is 0 Å². The molecule has 0 aliphatic rings. The number of anilines is 1. The Morgan fingerprint density at radius 2 is 1.54 bits per heavy atom. The topological polar surface area (TPSA) is 72.2 Å². The number of hydrogen-bond acceptors (Lipinski definition) is 3. The third-order valence-corrected chi connectivity index (χ3v) is 5.60. The molecule has 3 aromatic rings. The fourth-order valence-electron chi connectivity index (χ4n) is 2.87. The summed E-state index contributed by atoms with van der Waals surface area (Å²) in [4.78, 5) is 0.257. The Labute approximate surface area is 142 Å². The molecule has 0 saturated heterocycles. The van der Waals surface area contributed by atoms with Crippen molar-refractivity contribution >= 4 is 26.5 Å². The van der Waals surface area contributed by atoms with Gasteiger partial charge in [0.2, 0.25) is 10.0 Å². The van der Waals surface area contributed by atoms with Crippen LogP contribution in [-0.4, -0.2) is 14.5 Å². The van der Waals surface area contributed by atoms with Crippen molar-refractivity contribution in [3.63, 3.8) is 0 Å². The van der Waals surface area contributed by atoms with Gasteiger partial charge in [0.1, 0.15) is 0 Å². The summed E-state index contributed by atoms with van der Waals surface area (Å²) in [6.07, 6.45) is 0.632. The molecule has 0 saturated carbocycles. The van der Waals surface area contributed by atoms with Crippen LogP contribution in [0.5, 0.6) is 0 Å². The summed E-state index contributed by atoms with van der Waals surface area (Å²) in [6, 6.07) is 20.1. The summed E-state index contributed by atoms with van der Waals surface area (Å²) in [5.41, 5.74) is 7.62. The third-order valence-electron chi connectivity index (χ3n) is 3.95. The molecule has 1 atom stereocenters. The first kappa shape index (κ1) is 16.5. The van der Waals surface area contributed by atoms with Gasteiger partial charge >= 0.3 is 0 Å². The van der Waals surface area contributed by atoms with Gasteiger partial charge in [-0.3, -0.25) is 0 Å². The average molecular weight is 340 g/mol. The van der Waals surface area contributed by atoms with Gasteiger partial charge in [-0.15, -0.1) is 0 Å². The summed E-state index contributed by atoms with van der Waals surface area (Å²) in [5, 5.41) is 1.38. The fraction of sp³-hybridized carbons (Fsp3) is 0.158. The van der Waals surface area contributed by atoms with Crippen LogP contribution in [0.4, 0.5) is 5.69 Å². The quantitative estimate of drug-likeness (QED) is 0.700. The molecule has 0 spiro atoms. The second-order valence-corrected chi connectivity index (χ2v) is 7.59. The summed E-state index contributed by atoms with van der Waals surface area (Å²) in [6.45, 7) is 1.87. The van der Waals surface area contributed by atoms with Crippen LogP contribution in [0.3, 0.4) is 0 Å². The van der Waals surface area contributed by atoms with Crippen molar-refractivity contribution in [1.29, 1.82) is 0 Å². The van der Waals surface area contributed by atoms with Gasteiger partial charge in [-0.1, -0.05) is 54.6 Å². The van der Waals surface area contributed by atoms with Crippen LogP contribution >= 0.6 is 0 Å². The summed E-state index contributed by atoms with van der Waals surface area (Å²) in [5.74, 6) is 0. The Morgan fingerprint density at radius 3 is 2.25 bits per heavy atom. The van der Waals surface area contributed by atoms with Crippen molar-refractivity contribution in [2.24, 2.45) is 0 Å². The first-order valence-corrected chi connectivity index (χ1v) is 9.29. The van der Waals surface area contributed by atoms with Gasteiger partial charge in [0.05, 0.1) is 4.90 Å². The van der Waals surface area contributed by atoms with Crippen LogP contribution in [0.1, 0.15) is 12.5 Å². The number of sulfonamides is 1. The molecule has 4 nitrogen and oxygen atoms in total. The monoisotopic (exact) mass is 340 g/mol. The van der Waals surface area contributed by atoms with Gasteiger partial charge in [-0.2, -0.15) is 0 Å². The maximum atomic E-state index is 12.8. The Morgan fingerprint density at radius 1 is 0.917 bits per heavy atom. The van der Waals surface area contributed by atoms with Crippen molar-refractivity contribution in [2.45, 2.75) is 24.3 Å². The van der Waals surface area contributed by atoms with Gasteiger partial charge in [-0.25, -0.2) is 13.1 Å². The molecular formula is C19H20N2O2S. The maximum absolute atomic E-state index is 12.8. The number of benzene rings is 3. The average Bonchev–Trinajstić information content (AvgIpc) is 2.55. The Hall–Kier alpha value is -2.37. The summed E-state index contributed by atoms with van der Waals surface area (Å²) in [7, 11) is -3.63. The van der Waals surface area contributed by atoms with E-state index in [0.29, 0.717) is 17.5 Å². The van der Waals surface area contributed by atoms with E-state index in [2.05, 4.69) is 4.72 Å². The summed E-state index contributed by atoms with van der Waals surface area (Å²) < 4.78 is 28.4. The van der Waals surface area contributed by atoms with Crippen molar-refractivity contribution < 1.29 is 8.42 Å². The number of nitrogens with one attached hydrogen (secondary N) is 1. The minimum atomic E-state index is -3.63. The molecular weight excluding hydrogens is 320 g/mol. The van der Waals surface area contributed by atoms with E-state index in [-0.39, 0.29) is 10.9 Å². The molecule has 3 N–H and O–H groups in total. The molecule has 0 radical (unpaired) electrons. The van der Waals surface area contributed by atoms with Crippen LogP contribution in [-0.2, 0) is 16.4 Å². The summed E-state index contributed by atoms with van der Waals surface area (Å²) >= 11 is 0. The van der Waals surface area contributed by atoms with Crippen LogP contribution in [0.2, 0.25) is 0 Å². The van der Waals surface area contributed by atoms with Crippen molar-refractivity contribution in [3.8, 4) is 0 Å². The minimum absolute atomic E-state index is 0.214. The Bertz CT molecular complexity index is 954. The number of fused-ring (bicyclic) bond motifs is 1. The molecule has 3 rings (SSSR count). The highest BCUT2D eigenvalue weighted by atomic mass is 32.2. The molecule has 0 bridgehead atoms. The lowest BCUT2D eigenvalue weighted by Gasteiger charge is -2.16. The van der Waals surface area contributed by atoms with Crippen molar-refractivity contribution in [3.05, 3.63) is 72.3 Å². The molecule has 1 unspecified atom stereocenters. The van der Waals surface area contributed by atoms with Gasteiger partial charge in [0.15, 0.2) is 0 Å². The normalized spacial score (nSPS) is 13.0. The standard InChI is InChI=1S/C19H20N2O2S/c1-14(13-15-7-3-2-4-8-15)21-24(22,23)19-12-11-18(20)16-9-5-6-10-17(16)19/h2-12,14,21H,13,20H2,1H3. The Balaban J connectivity index is 1.90. The predicted molar refractivity (Wildman–Crippen MR) is 98.3 cm³/mol. The van der Waals surface area contributed by atoms with Gasteiger partial charge in [0, 0.05) is 22.5 Å². The molecule has 3 aromatic carbocycles. The van der Waals surface area contributed by atoms with E-state index in [0.717, 1.165) is 10.9 Å². The molecule has 0 aromatic heterocycles. The van der Waals surface area contributed by atoms with E-state index in [4.69, 9.17) is 5.73 Å². The fourth-order valence-corrected chi connectivity index (χ4v) is 4.32. The minimum Gasteiger partial charge on any atom is -0.398 e. The molecule has 24 heavy (non-hydrogen) atoms. The van der Waals surface area contributed by atoms with Crippen LogP contribution in [0.25, 0.3) is 10.8 Å². The zero-order chi connectivity index (χ0) is 17.2. The molecule has 0 aliphatic heterocycles. The lowest BCUT2D eigenvalue weighted by molar-refractivity contribution is 0.560. The first-order chi connectivity index (χ1) is 11.5. The highest BCUT2D eigenvalue weighted by molar-refractivity contribution is 7.89. The maximum Gasteiger partial charge on any atom is 0.241 e. The molecule has 0 aliphatic carbocycles.